The zero-order valence-electron chi connectivity index (χ0n) is 16.0. The summed E-state index contributed by atoms with van der Waals surface area (Å²) in [6.45, 7) is 6.88. The van der Waals surface area contributed by atoms with Crippen LogP contribution < -0.4 is 14.4 Å². The average Bonchev–Trinajstić information content (AvgIpc) is 2.70. The highest BCUT2D eigenvalue weighted by molar-refractivity contribution is 7.89. The van der Waals surface area contributed by atoms with Crippen LogP contribution in [0.3, 0.4) is 0 Å². The first kappa shape index (κ1) is 20.9. The van der Waals surface area contributed by atoms with Gasteiger partial charge in [0.1, 0.15) is 10.6 Å². The molecule has 1 aliphatic rings. The Kier molecular flexibility index (Phi) is 7.18. The summed E-state index contributed by atoms with van der Waals surface area (Å²) in [4.78, 5) is 4.77. The lowest BCUT2D eigenvalue weighted by Crippen LogP contribution is -2.48. The van der Waals surface area contributed by atoms with Gasteiger partial charge in [-0.1, -0.05) is 23.7 Å². The third kappa shape index (κ3) is 5.38. The molecule has 0 unspecified atom stereocenters. The molecule has 0 amide bonds. The van der Waals surface area contributed by atoms with Gasteiger partial charge in [-0.2, -0.15) is 0 Å². The molecule has 8 heteroatoms. The molecule has 152 valence electrons. The van der Waals surface area contributed by atoms with Gasteiger partial charge in [0.2, 0.25) is 10.0 Å². The van der Waals surface area contributed by atoms with Crippen LogP contribution in [0.25, 0.3) is 0 Å². The van der Waals surface area contributed by atoms with Crippen LogP contribution in [-0.4, -0.2) is 59.2 Å². The van der Waals surface area contributed by atoms with E-state index in [1.165, 1.54) is 0 Å². The maximum absolute atomic E-state index is 12.6. The smallest absolute Gasteiger partial charge is 0.244 e. The van der Waals surface area contributed by atoms with Crippen molar-refractivity contribution < 1.29 is 13.2 Å². The molecule has 28 heavy (non-hydrogen) atoms. The first-order valence-electron chi connectivity index (χ1n) is 9.44. The van der Waals surface area contributed by atoms with Gasteiger partial charge in [0.25, 0.3) is 0 Å². The second-order valence-corrected chi connectivity index (χ2v) is 8.75. The number of hydrogen-bond acceptors (Lipinski definition) is 5. The fourth-order valence-electron chi connectivity index (χ4n) is 3.24. The fourth-order valence-corrected chi connectivity index (χ4v) is 4.54. The SMILES string of the molecule is CCOc1ccccc1S(=O)(=O)NCCN1CCN(c2ccc(Cl)cc2)CC1. The average molecular weight is 424 g/mol. The Morgan fingerprint density at radius 2 is 1.71 bits per heavy atom. The normalized spacial score (nSPS) is 15.6. The van der Waals surface area contributed by atoms with E-state index in [1.807, 2.05) is 31.2 Å². The van der Waals surface area contributed by atoms with E-state index in [-0.39, 0.29) is 4.90 Å². The van der Waals surface area contributed by atoms with Crippen LogP contribution in [0.2, 0.25) is 5.02 Å². The number of benzene rings is 2. The summed E-state index contributed by atoms with van der Waals surface area (Å²) < 4.78 is 33.3. The first-order chi connectivity index (χ1) is 13.5. The Labute approximate surface area is 172 Å². The van der Waals surface area contributed by atoms with E-state index in [4.69, 9.17) is 16.3 Å². The van der Waals surface area contributed by atoms with Crippen molar-refractivity contribution in [3.05, 3.63) is 53.6 Å². The maximum atomic E-state index is 12.6. The van der Waals surface area contributed by atoms with E-state index < -0.39 is 10.0 Å². The maximum Gasteiger partial charge on any atom is 0.244 e. The van der Waals surface area contributed by atoms with Crippen molar-refractivity contribution in [2.75, 3.05) is 50.8 Å². The second kappa shape index (κ2) is 9.60. The molecular formula is C20H26ClN3O3S. The largest absolute Gasteiger partial charge is 0.492 e. The summed E-state index contributed by atoms with van der Waals surface area (Å²) in [5.74, 6) is 0.383. The minimum Gasteiger partial charge on any atom is -0.492 e. The molecule has 1 fully saturated rings. The summed E-state index contributed by atoms with van der Waals surface area (Å²) in [6.07, 6.45) is 0. The van der Waals surface area contributed by atoms with Crippen molar-refractivity contribution in [3.63, 3.8) is 0 Å². The zero-order valence-corrected chi connectivity index (χ0v) is 17.5. The number of para-hydroxylation sites is 1. The van der Waals surface area contributed by atoms with Crippen LogP contribution in [0.15, 0.2) is 53.4 Å². The van der Waals surface area contributed by atoms with Crippen molar-refractivity contribution in [1.29, 1.82) is 0 Å². The van der Waals surface area contributed by atoms with Gasteiger partial charge in [-0.05, 0) is 43.3 Å². The van der Waals surface area contributed by atoms with Crippen molar-refractivity contribution in [2.45, 2.75) is 11.8 Å². The summed E-state index contributed by atoms with van der Waals surface area (Å²) >= 11 is 5.95. The summed E-state index contributed by atoms with van der Waals surface area (Å²) in [6, 6.07) is 14.6. The standard InChI is InChI=1S/C20H26ClN3O3S/c1-2-27-19-5-3-4-6-20(19)28(25,26)22-11-12-23-13-15-24(16-14-23)18-9-7-17(21)8-10-18/h3-10,22H,2,11-16H2,1H3. The highest BCUT2D eigenvalue weighted by Gasteiger charge is 2.21. The number of hydrogen-bond donors (Lipinski definition) is 1. The van der Waals surface area contributed by atoms with E-state index in [2.05, 4.69) is 14.5 Å². The predicted molar refractivity (Wildman–Crippen MR) is 113 cm³/mol. The number of rotatable bonds is 8. The van der Waals surface area contributed by atoms with Gasteiger partial charge in [-0.15, -0.1) is 0 Å². The van der Waals surface area contributed by atoms with Crippen molar-refractivity contribution in [1.82, 2.24) is 9.62 Å². The minimum atomic E-state index is -3.60. The molecule has 0 radical (unpaired) electrons. The van der Waals surface area contributed by atoms with Gasteiger partial charge >= 0.3 is 0 Å². The van der Waals surface area contributed by atoms with Crippen LogP contribution in [0.1, 0.15) is 6.92 Å². The monoisotopic (exact) mass is 423 g/mol. The first-order valence-corrected chi connectivity index (χ1v) is 11.3. The van der Waals surface area contributed by atoms with Crippen LogP contribution in [0, 0.1) is 0 Å². The Balaban J connectivity index is 1.49. The molecule has 0 aliphatic carbocycles. The highest BCUT2D eigenvalue weighted by Crippen LogP contribution is 2.23. The highest BCUT2D eigenvalue weighted by atomic mass is 35.5. The molecule has 0 atom stereocenters. The predicted octanol–water partition coefficient (Wildman–Crippen LogP) is 2.84. The Hall–Kier alpha value is -1.80. The molecule has 0 bridgehead atoms. The van der Waals surface area contributed by atoms with Gasteiger partial charge in [0.05, 0.1) is 6.61 Å². The van der Waals surface area contributed by atoms with Gasteiger partial charge in [0, 0.05) is 50.0 Å². The van der Waals surface area contributed by atoms with Gasteiger partial charge in [0.15, 0.2) is 0 Å². The third-order valence-corrected chi connectivity index (χ3v) is 6.48. The number of nitrogens with zero attached hydrogens (tertiary/aromatic N) is 2. The Morgan fingerprint density at radius 3 is 2.39 bits per heavy atom. The van der Waals surface area contributed by atoms with E-state index in [0.29, 0.717) is 25.4 Å². The van der Waals surface area contributed by atoms with Crippen molar-refractivity contribution in [2.24, 2.45) is 0 Å². The van der Waals surface area contributed by atoms with Crippen LogP contribution >= 0.6 is 11.6 Å². The molecule has 1 aliphatic heterocycles. The number of ether oxygens (including phenoxy) is 1. The molecular weight excluding hydrogens is 398 g/mol. The Morgan fingerprint density at radius 1 is 1.04 bits per heavy atom. The summed E-state index contributed by atoms with van der Waals surface area (Å²) in [7, 11) is -3.60. The molecule has 1 N–H and O–H groups in total. The molecule has 1 saturated heterocycles. The topological polar surface area (TPSA) is 61.9 Å². The second-order valence-electron chi connectivity index (χ2n) is 6.58. The number of sulfonamides is 1. The minimum absolute atomic E-state index is 0.185. The lowest BCUT2D eigenvalue weighted by molar-refractivity contribution is 0.262. The molecule has 1 heterocycles. The van der Waals surface area contributed by atoms with Crippen LogP contribution in [0.5, 0.6) is 5.75 Å². The number of halogens is 1. The van der Waals surface area contributed by atoms with E-state index in [0.717, 1.165) is 36.9 Å². The number of piperazine rings is 1. The Bertz CT molecular complexity index is 867. The fraction of sp³-hybridized carbons (Fsp3) is 0.400. The van der Waals surface area contributed by atoms with Crippen molar-refractivity contribution >= 4 is 27.3 Å². The molecule has 2 aromatic carbocycles. The molecule has 0 spiro atoms. The lowest BCUT2D eigenvalue weighted by atomic mass is 10.2. The van der Waals surface area contributed by atoms with Gasteiger partial charge < -0.3 is 9.64 Å². The molecule has 3 rings (SSSR count). The van der Waals surface area contributed by atoms with Crippen molar-refractivity contribution in [3.8, 4) is 5.75 Å². The quantitative estimate of drug-likeness (QED) is 0.707. The zero-order chi connectivity index (χ0) is 20.0. The lowest BCUT2D eigenvalue weighted by Gasteiger charge is -2.36. The number of anilines is 1. The van der Waals surface area contributed by atoms with Crippen LogP contribution in [0.4, 0.5) is 5.69 Å². The number of nitrogens with one attached hydrogen (secondary N) is 1. The third-order valence-electron chi connectivity index (χ3n) is 4.72. The van der Waals surface area contributed by atoms with E-state index >= 15 is 0 Å². The molecule has 6 nitrogen and oxygen atoms in total. The summed E-state index contributed by atoms with van der Waals surface area (Å²) in [5.41, 5.74) is 1.16. The van der Waals surface area contributed by atoms with Crippen LogP contribution in [-0.2, 0) is 10.0 Å². The van der Waals surface area contributed by atoms with E-state index in [9.17, 15) is 8.42 Å². The van der Waals surface area contributed by atoms with Gasteiger partial charge in [-0.3, -0.25) is 4.90 Å². The molecule has 0 aromatic heterocycles. The van der Waals surface area contributed by atoms with E-state index in [1.54, 1.807) is 24.3 Å². The summed E-state index contributed by atoms with van der Waals surface area (Å²) in [5, 5.41) is 0.737. The molecule has 2 aromatic rings. The molecule has 0 saturated carbocycles. The van der Waals surface area contributed by atoms with Gasteiger partial charge in [-0.25, -0.2) is 13.1 Å².